The van der Waals surface area contributed by atoms with E-state index in [2.05, 4.69) is 20.7 Å². The summed E-state index contributed by atoms with van der Waals surface area (Å²) in [5, 5.41) is 18.5. The zero-order valence-corrected chi connectivity index (χ0v) is 9.98. The first-order chi connectivity index (χ1) is 7.52. The first-order valence-electron chi connectivity index (χ1n) is 4.27. The SMILES string of the molecule is COC(=O)[C@H](N)c1c(Br)ccc(C#N)c1O. The summed E-state index contributed by atoms with van der Waals surface area (Å²) in [5.74, 6) is -0.999. The van der Waals surface area contributed by atoms with Crippen LogP contribution in [0.1, 0.15) is 17.2 Å². The number of nitriles is 1. The highest BCUT2D eigenvalue weighted by Gasteiger charge is 2.24. The molecule has 84 valence electrons. The van der Waals surface area contributed by atoms with Crippen molar-refractivity contribution in [2.75, 3.05) is 7.11 Å². The molecule has 1 rings (SSSR count). The van der Waals surface area contributed by atoms with Crippen LogP contribution in [0.3, 0.4) is 0 Å². The van der Waals surface area contributed by atoms with Gasteiger partial charge in [-0.3, -0.25) is 4.79 Å². The Morgan fingerprint density at radius 1 is 1.69 bits per heavy atom. The fourth-order valence-corrected chi connectivity index (χ4v) is 1.78. The Hall–Kier alpha value is -1.58. The van der Waals surface area contributed by atoms with Crippen LogP contribution in [0, 0.1) is 11.3 Å². The molecule has 0 radical (unpaired) electrons. The second-order valence-corrected chi connectivity index (χ2v) is 3.82. The zero-order valence-electron chi connectivity index (χ0n) is 8.40. The van der Waals surface area contributed by atoms with Crippen molar-refractivity contribution in [2.24, 2.45) is 5.73 Å². The quantitative estimate of drug-likeness (QED) is 0.796. The Balaban J connectivity index is 3.33. The third kappa shape index (κ3) is 2.15. The molecule has 0 spiro atoms. The van der Waals surface area contributed by atoms with Crippen molar-refractivity contribution < 1.29 is 14.6 Å². The van der Waals surface area contributed by atoms with E-state index in [1.165, 1.54) is 19.2 Å². The molecule has 1 aromatic carbocycles. The largest absolute Gasteiger partial charge is 0.506 e. The van der Waals surface area contributed by atoms with Crippen LogP contribution in [-0.2, 0) is 9.53 Å². The molecule has 0 aliphatic carbocycles. The van der Waals surface area contributed by atoms with Gasteiger partial charge in [0.1, 0.15) is 17.9 Å². The number of phenols is 1. The number of esters is 1. The summed E-state index contributed by atoms with van der Waals surface area (Å²) in [4.78, 5) is 11.3. The van der Waals surface area contributed by atoms with Crippen LogP contribution in [0.15, 0.2) is 16.6 Å². The number of phenolic OH excluding ortho intramolecular Hbond substituents is 1. The molecule has 0 fully saturated rings. The molecule has 0 aromatic heterocycles. The number of benzene rings is 1. The summed E-state index contributed by atoms with van der Waals surface area (Å²) in [5.41, 5.74) is 5.80. The van der Waals surface area contributed by atoms with E-state index in [-0.39, 0.29) is 16.9 Å². The number of nitrogens with zero attached hydrogens (tertiary/aromatic N) is 1. The lowest BCUT2D eigenvalue weighted by Gasteiger charge is -2.13. The number of aromatic hydroxyl groups is 1. The monoisotopic (exact) mass is 284 g/mol. The summed E-state index contributed by atoms with van der Waals surface area (Å²) in [6, 6.07) is 3.63. The van der Waals surface area contributed by atoms with Gasteiger partial charge in [-0.05, 0) is 12.1 Å². The van der Waals surface area contributed by atoms with Gasteiger partial charge in [0.2, 0.25) is 0 Å². The number of carbonyl (C=O) groups is 1. The highest BCUT2D eigenvalue weighted by Crippen LogP contribution is 2.33. The minimum atomic E-state index is -1.13. The molecule has 1 aromatic rings. The molecule has 0 bridgehead atoms. The molecule has 0 amide bonds. The molecule has 6 heteroatoms. The van der Waals surface area contributed by atoms with E-state index in [1.54, 1.807) is 6.07 Å². The molecule has 0 aliphatic heterocycles. The number of hydrogen-bond donors (Lipinski definition) is 2. The molecular weight excluding hydrogens is 276 g/mol. The molecule has 0 saturated heterocycles. The van der Waals surface area contributed by atoms with Crippen molar-refractivity contribution in [1.82, 2.24) is 0 Å². The smallest absolute Gasteiger partial charge is 0.327 e. The molecule has 0 unspecified atom stereocenters. The second-order valence-electron chi connectivity index (χ2n) is 2.97. The molecule has 5 nitrogen and oxygen atoms in total. The number of rotatable bonds is 2. The predicted molar refractivity (Wildman–Crippen MR) is 59.5 cm³/mol. The molecule has 3 N–H and O–H groups in total. The van der Waals surface area contributed by atoms with Gasteiger partial charge in [-0.25, -0.2) is 0 Å². The number of halogens is 1. The van der Waals surface area contributed by atoms with E-state index in [1.807, 2.05) is 0 Å². The summed E-state index contributed by atoms with van der Waals surface area (Å²) in [7, 11) is 1.20. The number of hydrogen-bond acceptors (Lipinski definition) is 5. The van der Waals surface area contributed by atoms with Crippen LogP contribution in [0.25, 0.3) is 0 Å². The Morgan fingerprint density at radius 3 is 2.81 bits per heavy atom. The van der Waals surface area contributed by atoms with Gasteiger partial charge in [-0.15, -0.1) is 0 Å². The van der Waals surface area contributed by atoms with Gasteiger partial charge in [-0.1, -0.05) is 15.9 Å². The average molecular weight is 285 g/mol. The molecule has 0 saturated carbocycles. The van der Waals surface area contributed by atoms with Crippen LogP contribution >= 0.6 is 15.9 Å². The van der Waals surface area contributed by atoms with Gasteiger partial charge in [0.05, 0.1) is 12.7 Å². The summed E-state index contributed by atoms with van der Waals surface area (Å²) in [6.45, 7) is 0. The molecule has 16 heavy (non-hydrogen) atoms. The fraction of sp³-hybridized carbons (Fsp3) is 0.200. The number of carbonyl (C=O) groups excluding carboxylic acids is 1. The van der Waals surface area contributed by atoms with Gasteiger partial charge < -0.3 is 15.6 Å². The van der Waals surface area contributed by atoms with Crippen LogP contribution in [0.4, 0.5) is 0 Å². The Bertz CT molecular complexity index is 468. The first kappa shape index (κ1) is 12.5. The minimum absolute atomic E-state index is 0.0533. The highest BCUT2D eigenvalue weighted by molar-refractivity contribution is 9.10. The van der Waals surface area contributed by atoms with Gasteiger partial charge in [0, 0.05) is 10.0 Å². The minimum Gasteiger partial charge on any atom is -0.506 e. The van der Waals surface area contributed by atoms with E-state index >= 15 is 0 Å². The third-order valence-electron chi connectivity index (χ3n) is 2.05. The van der Waals surface area contributed by atoms with E-state index in [9.17, 15) is 9.90 Å². The summed E-state index contributed by atoms with van der Waals surface area (Å²) in [6.07, 6.45) is 0. The van der Waals surface area contributed by atoms with Crippen LogP contribution in [0.2, 0.25) is 0 Å². The Morgan fingerprint density at radius 2 is 2.31 bits per heavy atom. The highest BCUT2D eigenvalue weighted by atomic mass is 79.9. The number of ether oxygens (including phenoxy) is 1. The predicted octanol–water partition coefficient (Wildman–Crippen LogP) is 1.20. The van der Waals surface area contributed by atoms with Gasteiger partial charge in [0.25, 0.3) is 0 Å². The average Bonchev–Trinajstić information content (AvgIpc) is 2.28. The lowest BCUT2D eigenvalue weighted by molar-refractivity contribution is -0.142. The van der Waals surface area contributed by atoms with Crippen LogP contribution in [-0.4, -0.2) is 18.2 Å². The maximum Gasteiger partial charge on any atom is 0.327 e. The summed E-state index contributed by atoms with van der Waals surface area (Å²) >= 11 is 3.15. The third-order valence-corrected chi connectivity index (χ3v) is 2.74. The maximum atomic E-state index is 11.3. The second kappa shape index (κ2) is 4.96. The van der Waals surface area contributed by atoms with Crippen molar-refractivity contribution in [3.8, 4) is 11.8 Å². The van der Waals surface area contributed by atoms with E-state index in [0.717, 1.165) is 0 Å². The fourth-order valence-electron chi connectivity index (χ4n) is 1.21. The van der Waals surface area contributed by atoms with Crippen LogP contribution in [0.5, 0.6) is 5.75 Å². The molecule has 0 aliphatic rings. The van der Waals surface area contributed by atoms with Gasteiger partial charge in [-0.2, -0.15) is 5.26 Å². The Kier molecular flexibility index (Phi) is 3.88. The van der Waals surface area contributed by atoms with Crippen molar-refractivity contribution >= 4 is 21.9 Å². The van der Waals surface area contributed by atoms with Crippen molar-refractivity contribution in [1.29, 1.82) is 5.26 Å². The van der Waals surface area contributed by atoms with Gasteiger partial charge in [0.15, 0.2) is 0 Å². The topological polar surface area (TPSA) is 96.3 Å². The lowest BCUT2D eigenvalue weighted by atomic mass is 10.0. The van der Waals surface area contributed by atoms with E-state index in [0.29, 0.717) is 4.47 Å². The zero-order chi connectivity index (χ0) is 12.3. The number of nitrogens with two attached hydrogens (primary N) is 1. The van der Waals surface area contributed by atoms with Crippen molar-refractivity contribution in [2.45, 2.75) is 6.04 Å². The van der Waals surface area contributed by atoms with E-state index in [4.69, 9.17) is 11.0 Å². The first-order valence-corrected chi connectivity index (χ1v) is 5.07. The summed E-state index contributed by atoms with van der Waals surface area (Å²) < 4.78 is 4.92. The normalized spacial score (nSPS) is 11.6. The maximum absolute atomic E-state index is 11.3. The molecule has 0 heterocycles. The molecule has 1 atom stereocenters. The van der Waals surface area contributed by atoms with Crippen molar-refractivity contribution in [3.05, 3.63) is 27.7 Å². The van der Waals surface area contributed by atoms with Gasteiger partial charge >= 0.3 is 5.97 Å². The molecular formula is C10H9BrN2O3. The standard InChI is InChI=1S/C10H9BrN2O3/c1-16-10(15)8(13)7-6(11)3-2-5(4-12)9(7)14/h2-3,8,14H,13H2,1H3/t8-/m1/s1. The van der Waals surface area contributed by atoms with E-state index < -0.39 is 12.0 Å². The Labute approximate surface area is 101 Å². The van der Waals surface area contributed by atoms with Crippen molar-refractivity contribution in [3.63, 3.8) is 0 Å². The van der Waals surface area contributed by atoms with Crippen LogP contribution < -0.4 is 5.73 Å². The number of methoxy groups -OCH3 is 1. The lowest BCUT2D eigenvalue weighted by Crippen LogP contribution is -2.23.